The molecule has 2 rings (SSSR count). The van der Waals surface area contributed by atoms with Crippen molar-refractivity contribution in [3.05, 3.63) is 61.2 Å². The van der Waals surface area contributed by atoms with Crippen LogP contribution in [0.1, 0.15) is 77.2 Å². The second kappa shape index (κ2) is 14.9. The van der Waals surface area contributed by atoms with E-state index in [-0.39, 0.29) is 27.1 Å². The van der Waals surface area contributed by atoms with E-state index >= 15 is 0 Å². The first-order valence-electron chi connectivity index (χ1n) is 11.7. The Kier molecular flexibility index (Phi) is 12.5. The molecule has 0 saturated heterocycles. The van der Waals surface area contributed by atoms with E-state index < -0.39 is 6.10 Å². The quantitative estimate of drug-likeness (QED) is 0.282. The molecule has 0 saturated carbocycles. The summed E-state index contributed by atoms with van der Waals surface area (Å²) in [5.41, 5.74) is 1.31. The van der Waals surface area contributed by atoms with E-state index in [9.17, 15) is 5.11 Å². The van der Waals surface area contributed by atoms with Gasteiger partial charge in [0.25, 0.3) is 0 Å². The Bertz CT molecular complexity index is 681. The molecule has 1 N–H and O–H groups in total. The predicted molar refractivity (Wildman–Crippen MR) is 123 cm³/mol. The summed E-state index contributed by atoms with van der Waals surface area (Å²) in [6.07, 6.45) is 11.3. The first-order chi connectivity index (χ1) is 14.6. The monoisotopic (exact) mass is 523 g/mol. The summed E-state index contributed by atoms with van der Waals surface area (Å²) in [7, 11) is 0. The average molecular weight is 524 g/mol. The molecule has 0 amide bonds. The number of aliphatic hydroxyl groups is 1. The van der Waals surface area contributed by atoms with Crippen LogP contribution in [0.15, 0.2) is 48.5 Å². The van der Waals surface area contributed by atoms with Crippen molar-refractivity contribution in [3.8, 4) is 5.75 Å². The van der Waals surface area contributed by atoms with Gasteiger partial charge in [-0.1, -0.05) is 39.0 Å². The number of ether oxygens (including phenoxy) is 1. The van der Waals surface area contributed by atoms with Crippen LogP contribution in [0.25, 0.3) is 0 Å². The summed E-state index contributed by atoms with van der Waals surface area (Å²) in [4.78, 5) is 0. The molecule has 2 unspecified atom stereocenters. The number of aryl methyl sites for hydroxylation is 1. The zero-order chi connectivity index (χ0) is 21.6. The van der Waals surface area contributed by atoms with Crippen LogP contribution in [0, 0.1) is 20.0 Å². The van der Waals surface area contributed by atoms with Crippen LogP contribution in [-0.2, 0) is 0 Å². The SMILES string of the molecule is CCCCCCCCCCC(C)C(O)COc1ccc([I-]c2ccc(C)cc2)cc1. The molecule has 2 atom stereocenters. The third-order valence-corrected chi connectivity index (χ3v) is 8.32. The van der Waals surface area contributed by atoms with Crippen LogP contribution in [0.3, 0.4) is 0 Å². The van der Waals surface area contributed by atoms with E-state index in [2.05, 4.69) is 57.2 Å². The zero-order valence-corrected chi connectivity index (χ0v) is 21.2. The van der Waals surface area contributed by atoms with Gasteiger partial charge in [-0.3, -0.25) is 0 Å². The summed E-state index contributed by atoms with van der Waals surface area (Å²) >= 11 is -0.151. The van der Waals surface area contributed by atoms with Crippen molar-refractivity contribution in [1.29, 1.82) is 0 Å². The number of hydrogen-bond acceptors (Lipinski definition) is 2. The molecule has 0 radical (unpaired) electrons. The molecular weight excluding hydrogens is 483 g/mol. The number of unbranched alkanes of at least 4 members (excludes halogenated alkanes) is 7. The van der Waals surface area contributed by atoms with Crippen LogP contribution in [0.2, 0.25) is 0 Å². The average Bonchev–Trinajstić information content (AvgIpc) is 2.76. The van der Waals surface area contributed by atoms with Crippen molar-refractivity contribution >= 4 is 0 Å². The van der Waals surface area contributed by atoms with Gasteiger partial charge in [-0.15, -0.1) is 0 Å². The molecule has 3 heteroatoms. The summed E-state index contributed by atoms with van der Waals surface area (Å²) in [6, 6.07) is 17.2. The molecule has 0 spiro atoms. The van der Waals surface area contributed by atoms with Gasteiger partial charge in [0.1, 0.15) is 0 Å². The van der Waals surface area contributed by atoms with Gasteiger partial charge in [-0.05, 0) is 0 Å². The summed E-state index contributed by atoms with van der Waals surface area (Å²) in [5, 5.41) is 10.4. The van der Waals surface area contributed by atoms with Crippen LogP contribution in [0.5, 0.6) is 5.75 Å². The fraction of sp³-hybridized carbons (Fsp3) is 0.556. The fourth-order valence-corrected chi connectivity index (χ4v) is 5.61. The maximum atomic E-state index is 10.4. The fourth-order valence-electron chi connectivity index (χ4n) is 3.45. The molecule has 0 aliphatic heterocycles. The van der Waals surface area contributed by atoms with E-state index in [4.69, 9.17) is 4.74 Å². The van der Waals surface area contributed by atoms with Crippen molar-refractivity contribution in [2.45, 2.75) is 84.7 Å². The minimum atomic E-state index is -0.394. The number of rotatable bonds is 15. The van der Waals surface area contributed by atoms with Gasteiger partial charge >= 0.3 is 156 Å². The third-order valence-electron chi connectivity index (χ3n) is 5.63. The van der Waals surface area contributed by atoms with E-state index in [1.54, 1.807) is 0 Å². The molecule has 0 aromatic heterocycles. The van der Waals surface area contributed by atoms with Gasteiger partial charge in [0.2, 0.25) is 0 Å². The van der Waals surface area contributed by atoms with E-state index in [0.717, 1.165) is 12.2 Å². The summed E-state index contributed by atoms with van der Waals surface area (Å²) in [5.74, 6) is 1.14. The third kappa shape index (κ3) is 10.3. The van der Waals surface area contributed by atoms with Crippen LogP contribution in [0.4, 0.5) is 0 Å². The molecule has 2 aromatic rings. The second-order valence-electron chi connectivity index (χ2n) is 8.46. The van der Waals surface area contributed by atoms with Gasteiger partial charge in [0, 0.05) is 0 Å². The Morgan fingerprint density at radius 3 is 1.93 bits per heavy atom. The van der Waals surface area contributed by atoms with Crippen molar-refractivity contribution in [1.82, 2.24) is 0 Å². The Morgan fingerprint density at radius 1 is 0.800 bits per heavy atom. The molecule has 168 valence electrons. The van der Waals surface area contributed by atoms with Crippen molar-refractivity contribution in [2.75, 3.05) is 6.61 Å². The topological polar surface area (TPSA) is 29.5 Å². The molecule has 2 aromatic carbocycles. The summed E-state index contributed by atoms with van der Waals surface area (Å²) < 4.78 is 8.67. The van der Waals surface area contributed by atoms with Crippen molar-refractivity contribution < 1.29 is 31.0 Å². The molecule has 30 heavy (non-hydrogen) atoms. The Balaban J connectivity index is 1.61. The molecule has 0 aliphatic carbocycles. The van der Waals surface area contributed by atoms with Crippen LogP contribution >= 0.6 is 0 Å². The Labute approximate surface area is 194 Å². The standard InChI is InChI=1S/C27H40IO2/c1-4-5-6-7-8-9-10-11-12-23(3)27(29)21-30-26-19-17-25(18-20-26)28-24-15-13-22(2)14-16-24/h13-20,23,27,29H,4-12,21H2,1-3H3/q-1. The maximum absolute atomic E-state index is 10.4. The van der Waals surface area contributed by atoms with Crippen LogP contribution < -0.4 is 25.9 Å². The van der Waals surface area contributed by atoms with Gasteiger partial charge in [0.05, 0.1) is 0 Å². The first-order valence-corrected chi connectivity index (χ1v) is 13.9. The first kappa shape index (κ1) is 25.2. The molecule has 0 aliphatic rings. The normalized spacial score (nSPS) is 13.3. The van der Waals surface area contributed by atoms with E-state index in [1.165, 1.54) is 64.1 Å². The van der Waals surface area contributed by atoms with E-state index in [0.29, 0.717) is 6.61 Å². The number of benzene rings is 2. The van der Waals surface area contributed by atoms with Gasteiger partial charge in [0.15, 0.2) is 0 Å². The van der Waals surface area contributed by atoms with E-state index in [1.807, 2.05) is 12.1 Å². The number of hydrogen-bond donors (Lipinski definition) is 1. The summed E-state index contributed by atoms with van der Waals surface area (Å²) in [6.45, 7) is 6.91. The zero-order valence-electron chi connectivity index (χ0n) is 19.1. The van der Waals surface area contributed by atoms with Gasteiger partial charge in [-0.2, -0.15) is 0 Å². The molecular formula is C27H40IO2-. The minimum absolute atomic E-state index is 0.151. The molecule has 0 bridgehead atoms. The Hall–Kier alpha value is -1.07. The van der Waals surface area contributed by atoms with Gasteiger partial charge < -0.3 is 0 Å². The second-order valence-corrected chi connectivity index (χ2v) is 11.5. The Morgan fingerprint density at radius 2 is 1.33 bits per heavy atom. The van der Waals surface area contributed by atoms with Gasteiger partial charge in [-0.25, -0.2) is 0 Å². The predicted octanol–water partition coefficient (Wildman–Crippen LogP) is 4.03. The van der Waals surface area contributed by atoms with Crippen molar-refractivity contribution in [3.63, 3.8) is 0 Å². The number of aliphatic hydroxyl groups excluding tert-OH is 1. The molecule has 0 heterocycles. The number of halogens is 1. The molecule has 0 fully saturated rings. The van der Waals surface area contributed by atoms with Crippen molar-refractivity contribution in [2.24, 2.45) is 5.92 Å². The van der Waals surface area contributed by atoms with Crippen LogP contribution in [-0.4, -0.2) is 17.8 Å². The molecule has 2 nitrogen and oxygen atoms in total.